The van der Waals surface area contributed by atoms with Crippen molar-refractivity contribution < 1.29 is 0 Å². The van der Waals surface area contributed by atoms with Crippen LogP contribution in [-0.2, 0) is 0 Å². The molecule has 6 nitrogen and oxygen atoms in total. The molecule has 0 unspecified atom stereocenters. The van der Waals surface area contributed by atoms with Gasteiger partial charge in [0.2, 0.25) is 0 Å². The predicted octanol–water partition coefficient (Wildman–Crippen LogP) is 3.85. The van der Waals surface area contributed by atoms with Gasteiger partial charge in [0.05, 0.1) is 22.1 Å². The van der Waals surface area contributed by atoms with E-state index in [9.17, 15) is 0 Å². The van der Waals surface area contributed by atoms with Crippen LogP contribution in [0.25, 0.3) is 33.1 Å². The maximum atomic E-state index is 5.96. The van der Waals surface area contributed by atoms with Crippen molar-refractivity contribution in [1.82, 2.24) is 29.4 Å². The van der Waals surface area contributed by atoms with Gasteiger partial charge in [0.1, 0.15) is 6.33 Å². The molecule has 0 spiro atoms. The molecule has 0 amide bonds. The molecule has 5 rings (SSSR count). The lowest BCUT2D eigenvalue weighted by Crippen LogP contribution is -1.98. The van der Waals surface area contributed by atoms with E-state index in [1.165, 1.54) is 0 Å². The largest absolute Gasteiger partial charge is 0.264 e. The van der Waals surface area contributed by atoms with Gasteiger partial charge in [0, 0.05) is 5.02 Å². The Morgan fingerprint density at radius 2 is 1.88 bits per heavy atom. The second-order valence-electron chi connectivity index (χ2n) is 5.21. The molecule has 0 bridgehead atoms. The van der Waals surface area contributed by atoms with E-state index in [-0.39, 0.29) is 0 Å². The molecule has 1 aromatic carbocycles. The maximum Gasteiger partial charge on any atom is 0.179 e. The molecule has 0 fully saturated rings. The van der Waals surface area contributed by atoms with Gasteiger partial charge in [0.25, 0.3) is 0 Å². The van der Waals surface area contributed by atoms with E-state index in [0.29, 0.717) is 5.02 Å². The van der Waals surface area contributed by atoms with Gasteiger partial charge >= 0.3 is 0 Å². The van der Waals surface area contributed by atoms with E-state index < -0.39 is 0 Å². The Bertz CT molecular complexity index is 1160. The Morgan fingerprint density at radius 1 is 1.00 bits per heavy atom. The summed E-state index contributed by atoms with van der Waals surface area (Å²) in [6.45, 7) is 0. The standard InChI is InChI=1S/C16H9ClN6S/c17-10-3-5-11(6-4-10)23-14-12(8-19-23)15-20-21-16(22(15)9-18-14)13-2-1-7-24-13/h1-9H. The van der Waals surface area contributed by atoms with Gasteiger partial charge in [0.15, 0.2) is 17.1 Å². The lowest BCUT2D eigenvalue weighted by Gasteiger charge is -2.03. The van der Waals surface area contributed by atoms with Gasteiger partial charge in [-0.05, 0) is 35.7 Å². The van der Waals surface area contributed by atoms with Crippen LogP contribution in [0.4, 0.5) is 0 Å². The summed E-state index contributed by atoms with van der Waals surface area (Å²) in [4.78, 5) is 5.62. The lowest BCUT2D eigenvalue weighted by atomic mass is 10.3. The minimum atomic E-state index is 0.684. The quantitative estimate of drug-likeness (QED) is 0.484. The minimum Gasteiger partial charge on any atom is -0.264 e. The zero-order chi connectivity index (χ0) is 16.1. The van der Waals surface area contributed by atoms with Crippen LogP contribution in [0.15, 0.2) is 54.3 Å². The third kappa shape index (κ3) is 1.95. The second-order valence-corrected chi connectivity index (χ2v) is 6.59. The van der Waals surface area contributed by atoms with Crippen molar-refractivity contribution in [2.45, 2.75) is 0 Å². The normalized spacial score (nSPS) is 11.5. The molecular weight excluding hydrogens is 344 g/mol. The summed E-state index contributed by atoms with van der Waals surface area (Å²) in [6.07, 6.45) is 3.50. The summed E-state index contributed by atoms with van der Waals surface area (Å²) in [5.74, 6) is 0.786. The summed E-state index contributed by atoms with van der Waals surface area (Å²) >= 11 is 7.57. The molecule has 0 saturated carbocycles. The van der Waals surface area contributed by atoms with Gasteiger partial charge in [-0.1, -0.05) is 17.7 Å². The van der Waals surface area contributed by atoms with Gasteiger partial charge in [-0.2, -0.15) is 5.10 Å². The molecule has 0 aliphatic carbocycles. The Hall–Kier alpha value is -2.77. The van der Waals surface area contributed by atoms with Gasteiger partial charge in [-0.3, -0.25) is 4.40 Å². The minimum absolute atomic E-state index is 0.684. The molecule has 0 radical (unpaired) electrons. The van der Waals surface area contributed by atoms with Crippen LogP contribution < -0.4 is 0 Å². The number of halogens is 1. The zero-order valence-corrected chi connectivity index (χ0v) is 13.7. The average Bonchev–Trinajstić information content (AvgIpc) is 3.33. The number of hydrogen-bond acceptors (Lipinski definition) is 5. The van der Waals surface area contributed by atoms with Crippen molar-refractivity contribution in [3.8, 4) is 16.4 Å². The van der Waals surface area contributed by atoms with E-state index in [4.69, 9.17) is 11.6 Å². The molecule has 5 aromatic rings. The Labute approximate surface area is 145 Å². The zero-order valence-electron chi connectivity index (χ0n) is 12.2. The molecule has 0 aliphatic heterocycles. The van der Waals surface area contributed by atoms with Crippen LogP contribution in [0.2, 0.25) is 5.02 Å². The molecule has 8 heteroatoms. The lowest BCUT2D eigenvalue weighted by molar-refractivity contribution is 0.893. The second kappa shape index (κ2) is 5.12. The van der Waals surface area contributed by atoms with E-state index in [2.05, 4.69) is 20.3 Å². The SMILES string of the molecule is Clc1ccc(-n2ncc3c2ncn2c(-c4cccs4)nnc32)cc1. The molecule has 4 heterocycles. The Morgan fingerprint density at radius 3 is 2.67 bits per heavy atom. The van der Waals surface area contributed by atoms with Crippen LogP contribution in [0.5, 0.6) is 0 Å². The summed E-state index contributed by atoms with van der Waals surface area (Å²) in [5.41, 5.74) is 2.36. The van der Waals surface area contributed by atoms with Gasteiger partial charge in [-0.15, -0.1) is 21.5 Å². The monoisotopic (exact) mass is 352 g/mol. The summed E-state index contributed by atoms with van der Waals surface area (Å²) in [5, 5.41) is 16.6. The van der Waals surface area contributed by atoms with Crippen LogP contribution in [0.3, 0.4) is 0 Å². The highest BCUT2D eigenvalue weighted by molar-refractivity contribution is 7.13. The summed E-state index contributed by atoms with van der Waals surface area (Å²) in [6, 6.07) is 11.5. The van der Waals surface area contributed by atoms with Crippen LogP contribution in [-0.4, -0.2) is 29.4 Å². The third-order valence-corrected chi connectivity index (χ3v) is 4.91. The smallest absolute Gasteiger partial charge is 0.179 e. The van der Waals surface area contributed by atoms with Crippen LogP contribution in [0.1, 0.15) is 0 Å². The third-order valence-electron chi connectivity index (χ3n) is 3.79. The van der Waals surface area contributed by atoms with Crippen molar-refractivity contribution in [3.05, 3.63) is 59.3 Å². The summed E-state index contributed by atoms with van der Waals surface area (Å²) < 4.78 is 3.66. The van der Waals surface area contributed by atoms with Gasteiger partial charge in [-0.25, -0.2) is 9.67 Å². The van der Waals surface area contributed by atoms with Crippen molar-refractivity contribution in [3.63, 3.8) is 0 Å². The molecule has 0 N–H and O–H groups in total. The molecule has 116 valence electrons. The first-order valence-electron chi connectivity index (χ1n) is 7.18. The molecule has 0 saturated heterocycles. The highest BCUT2D eigenvalue weighted by atomic mass is 35.5. The van der Waals surface area contributed by atoms with E-state index in [1.54, 1.807) is 28.5 Å². The first-order chi connectivity index (χ1) is 11.8. The fourth-order valence-corrected chi connectivity index (χ4v) is 3.50. The van der Waals surface area contributed by atoms with Crippen molar-refractivity contribution in [2.24, 2.45) is 0 Å². The highest BCUT2D eigenvalue weighted by Gasteiger charge is 2.15. The number of benzene rings is 1. The predicted molar refractivity (Wildman–Crippen MR) is 93.7 cm³/mol. The first-order valence-corrected chi connectivity index (χ1v) is 8.44. The number of thiophene rings is 1. The fraction of sp³-hybridized carbons (Fsp3) is 0. The van der Waals surface area contributed by atoms with Crippen molar-refractivity contribution in [2.75, 3.05) is 0 Å². The molecule has 4 aromatic heterocycles. The van der Waals surface area contributed by atoms with E-state index in [0.717, 1.165) is 33.1 Å². The molecule has 0 atom stereocenters. The topological polar surface area (TPSA) is 60.9 Å². The highest BCUT2D eigenvalue weighted by Crippen LogP contribution is 2.26. The van der Waals surface area contributed by atoms with Crippen LogP contribution >= 0.6 is 22.9 Å². The van der Waals surface area contributed by atoms with Crippen molar-refractivity contribution in [1.29, 1.82) is 0 Å². The van der Waals surface area contributed by atoms with E-state index >= 15 is 0 Å². The molecular formula is C16H9ClN6S. The number of nitrogens with zero attached hydrogens (tertiary/aromatic N) is 6. The number of hydrogen-bond donors (Lipinski definition) is 0. The number of rotatable bonds is 2. The van der Waals surface area contributed by atoms with E-state index in [1.807, 2.05) is 46.2 Å². The first kappa shape index (κ1) is 13.6. The number of aromatic nitrogens is 6. The molecule has 0 aliphatic rings. The van der Waals surface area contributed by atoms with Gasteiger partial charge < -0.3 is 0 Å². The fourth-order valence-electron chi connectivity index (χ4n) is 2.67. The average molecular weight is 353 g/mol. The Kier molecular flexibility index (Phi) is 2.91. The number of fused-ring (bicyclic) bond motifs is 3. The molecule has 24 heavy (non-hydrogen) atoms. The van der Waals surface area contributed by atoms with Crippen molar-refractivity contribution >= 4 is 39.6 Å². The Balaban J connectivity index is 1.74. The van der Waals surface area contributed by atoms with Crippen LogP contribution in [0, 0.1) is 0 Å². The summed E-state index contributed by atoms with van der Waals surface area (Å²) in [7, 11) is 0. The maximum absolute atomic E-state index is 5.96.